The smallest absolute Gasteiger partial charge is 0.291 e. The zero-order valence-corrected chi connectivity index (χ0v) is 13.4. The molecule has 0 aliphatic heterocycles. The zero-order valence-electron chi connectivity index (χ0n) is 12.6. The van der Waals surface area contributed by atoms with Crippen molar-refractivity contribution in [2.45, 2.75) is 0 Å². The lowest BCUT2D eigenvalue weighted by molar-refractivity contribution is -0.111. The van der Waals surface area contributed by atoms with Crippen molar-refractivity contribution in [1.29, 1.82) is 0 Å². The highest BCUT2D eigenvalue weighted by molar-refractivity contribution is 7.10. The van der Waals surface area contributed by atoms with Gasteiger partial charge in [0.2, 0.25) is 5.91 Å². The Bertz CT molecular complexity index is 852. The Balaban J connectivity index is 1.62. The van der Waals surface area contributed by atoms with Crippen molar-refractivity contribution in [3.8, 4) is 0 Å². The molecule has 0 radical (unpaired) electrons. The molecule has 0 saturated carbocycles. The molecule has 2 aromatic heterocycles. The van der Waals surface area contributed by atoms with Gasteiger partial charge in [-0.15, -0.1) is 11.3 Å². The van der Waals surface area contributed by atoms with E-state index >= 15 is 0 Å². The molecule has 0 atom stereocenters. The van der Waals surface area contributed by atoms with E-state index in [1.165, 1.54) is 12.3 Å². The first-order valence-electron chi connectivity index (χ1n) is 7.18. The summed E-state index contributed by atoms with van der Waals surface area (Å²) in [7, 11) is 0. The van der Waals surface area contributed by atoms with Crippen LogP contribution in [0.3, 0.4) is 0 Å². The van der Waals surface area contributed by atoms with Gasteiger partial charge in [0.15, 0.2) is 5.76 Å². The predicted octanol–water partition coefficient (Wildman–Crippen LogP) is 4.25. The van der Waals surface area contributed by atoms with Gasteiger partial charge in [0, 0.05) is 22.3 Å². The summed E-state index contributed by atoms with van der Waals surface area (Å²) in [6.45, 7) is 0. The van der Waals surface area contributed by atoms with Crippen LogP contribution in [0.2, 0.25) is 0 Å². The first kappa shape index (κ1) is 15.8. The molecule has 2 amide bonds. The van der Waals surface area contributed by atoms with Gasteiger partial charge in [-0.2, -0.15) is 0 Å². The lowest BCUT2D eigenvalue weighted by Crippen LogP contribution is -2.12. The molecule has 3 aromatic rings. The summed E-state index contributed by atoms with van der Waals surface area (Å²) >= 11 is 1.56. The highest BCUT2D eigenvalue weighted by atomic mass is 32.1. The fourth-order valence-electron chi connectivity index (χ4n) is 2.00. The molecule has 5 nitrogen and oxygen atoms in total. The van der Waals surface area contributed by atoms with Gasteiger partial charge in [0.1, 0.15) is 0 Å². The van der Waals surface area contributed by atoms with E-state index in [2.05, 4.69) is 10.6 Å². The molecule has 0 saturated heterocycles. The molecule has 1 aromatic carbocycles. The molecule has 0 aliphatic rings. The molecule has 3 rings (SSSR count). The maximum atomic E-state index is 11.9. The number of rotatable bonds is 5. The Labute approximate surface area is 142 Å². The second kappa shape index (κ2) is 7.43. The number of carbonyl (C=O) groups is 2. The Morgan fingerprint density at radius 3 is 2.54 bits per heavy atom. The summed E-state index contributed by atoms with van der Waals surface area (Å²) in [5, 5.41) is 7.42. The standard InChI is InChI=1S/C18H14N2O3S/c21-17(9-8-15-6-3-11-24-15)19-13-4-1-5-14(12-13)20-18(22)16-7-2-10-23-16/h1-12H,(H,19,21)(H,20,22)/b9-8+. The number of hydrogen-bond acceptors (Lipinski definition) is 4. The van der Waals surface area contributed by atoms with Crippen LogP contribution < -0.4 is 10.6 Å². The summed E-state index contributed by atoms with van der Waals surface area (Å²) in [5.41, 5.74) is 1.16. The molecule has 120 valence electrons. The number of nitrogens with one attached hydrogen (secondary N) is 2. The van der Waals surface area contributed by atoms with Gasteiger partial charge in [-0.05, 0) is 47.9 Å². The van der Waals surface area contributed by atoms with E-state index in [0.29, 0.717) is 11.4 Å². The third kappa shape index (κ3) is 4.21. The average molecular weight is 338 g/mol. The average Bonchev–Trinajstić information content (AvgIpc) is 3.27. The number of furan rings is 1. The number of benzene rings is 1. The Hall–Kier alpha value is -3.12. The maximum Gasteiger partial charge on any atom is 0.291 e. The summed E-state index contributed by atoms with van der Waals surface area (Å²) in [4.78, 5) is 24.9. The van der Waals surface area contributed by atoms with Gasteiger partial charge in [-0.3, -0.25) is 9.59 Å². The molecule has 2 N–H and O–H groups in total. The quantitative estimate of drug-likeness (QED) is 0.683. The summed E-state index contributed by atoms with van der Waals surface area (Å²) < 4.78 is 5.04. The Morgan fingerprint density at radius 2 is 1.83 bits per heavy atom. The van der Waals surface area contributed by atoms with Crippen molar-refractivity contribution in [3.63, 3.8) is 0 Å². The largest absolute Gasteiger partial charge is 0.459 e. The van der Waals surface area contributed by atoms with Crippen LogP contribution in [0.15, 0.2) is 70.7 Å². The fraction of sp³-hybridized carbons (Fsp3) is 0. The minimum Gasteiger partial charge on any atom is -0.459 e. The molecule has 0 spiro atoms. The molecular weight excluding hydrogens is 324 g/mol. The van der Waals surface area contributed by atoms with Crippen LogP contribution >= 0.6 is 11.3 Å². The van der Waals surface area contributed by atoms with E-state index in [1.54, 1.807) is 53.8 Å². The van der Waals surface area contributed by atoms with Crippen LogP contribution in [-0.2, 0) is 4.79 Å². The van der Waals surface area contributed by atoms with Crippen molar-refractivity contribution in [2.24, 2.45) is 0 Å². The highest BCUT2D eigenvalue weighted by Gasteiger charge is 2.09. The fourth-order valence-corrected chi connectivity index (χ4v) is 2.62. The molecule has 2 heterocycles. The number of amides is 2. The molecule has 6 heteroatoms. The summed E-state index contributed by atoms with van der Waals surface area (Å²) in [6.07, 6.45) is 4.66. The molecule has 0 fully saturated rings. The summed E-state index contributed by atoms with van der Waals surface area (Å²) in [6, 6.07) is 14.0. The van der Waals surface area contributed by atoms with E-state index in [0.717, 1.165) is 4.88 Å². The van der Waals surface area contributed by atoms with Crippen LogP contribution in [0, 0.1) is 0 Å². The zero-order chi connectivity index (χ0) is 16.8. The molecule has 0 aliphatic carbocycles. The van der Waals surface area contributed by atoms with Crippen molar-refractivity contribution in [2.75, 3.05) is 10.6 Å². The van der Waals surface area contributed by atoms with Gasteiger partial charge in [0.25, 0.3) is 5.91 Å². The third-order valence-corrected chi connectivity index (χ3v) is 3.91. The predicted molar refractivity (Wildman–Crippen MR) is 95.1 cm³/mol. The number of anilines is 2. The van der Waals surface area contributed by atoms with Gasteiger partial charge in [-0.1, -0.05) is 12.1 Å². The Morgan fingerprint density at radius 1 is 1.00 bits per heavy atom. The van der Waals surface area contributed by atoms with Gasteiger partial charge < -0.3 is 15.1 Å². The maximum absolute atomic E-state index is 11.9. The minimum atomic E-state index is -0.346. The van der Waals surface area contributed by atoms with Crippen LogP contribution in [0.5, 0.6) is 0 Å². The number of hydrogen-bond donors (Lipinski definition) is 2. The summed E-state index contributed by atoms with van der Waals surface area (Å²) in [5.74, 6) is -0.359. The SMILES string of the molecule is O=C(/C=C/c1cccs1)Nc1cccc(NC(=O)c2ccco2)c1. The first-order chi connectivity index (χ1) is 11.7. The molecular formula is C18H14N2O3S. The van der Waals surface area contributed by atoms with Crippen molar-refractivity contribution < 1.29 is 14.0 Å². The second-order valence-electron chi connectivity index (χ2n) is 4.85. The second-order valence-corrected chi connectivity index (χ2v) is 5.83. The lowest BCUT2D eigenvalue weighted by Gasteiger charge is -2.06. The van der Waals surface area contributed by atoms with Crippen LogP contribution in [0.25, 0.3) is 6.08 Å². The third-order valence-electron chi connectivity index (χ3n) is 3.08. The highest BCUT2D eigenvalue weighted by Crippen LogP contribution is 2.17. The lowest BCUT2D eigenvalue weighted by atomic mass is 10.2. The van der Waals surface area contributed by atoms with Crippen molar-refractivity contribution in [3.05, 3.63) is 76.9 Å². The van der Waals surface area contributed by atoms with E-state index in [4.69, 9.17) is 4.42 Å². The van der Waals surface area contributed by atoms with E-state index in [1.807, 2.05) is 17.5 Å². The van der Waals surface area contributed by atoms with Crippen LogP contribution in [0.1, 0.15) is 15.4 Å². The molecule has 0 unspecified atom stereocenters. The van der Waals surface area contributed by atoms with E-state index in [-0.39, 0.29) is 17.6 Å². The molecule has 0 bridgehead atoms. The minimum absolute atomic E-state index is 0.225. The Kier molecular flexibility index (Phi) is 4.88. The van der Waals surface area contributed by atoms with Gasteiger partial charge in [0.05, 0.1) is 6.26 Å². The van der Waals surface area contributed by atoms with Crippen molar-refractivity contribution in [1.82, 2.24) is 0 Å². The van der Waals surface area contributed by atoms with Gasteiger partial charge in [-0.25, -0.2) is 0 Å². The normalized spacial score (nSPS) is 10.7. The molecule has 24 heavy (non-hydrogen) atoms. The number of carbonyl (C=O) groups excluding carboxylic acids is 2. The van der Waals surface area contributed by atoms with Gasteiger partial charge >= 0.3 is 0 Å². The van der Waals surface area contributed by atoms with E-state index < -0.39 is 0 Å². The van der Waals surface area contributed by atoms with E-state index in [9.17, 15) is 9.59 Å². The van der Waals surface area contributed by atoms with Crippen LogP contribution in [0.4, 0.5) is 11.4 Å². The van der Waals surface area contributed by atoms with Crippen LogP contribution in [-0.4, -0.2) is 11.8 Å². The number of thiophene rings is 1. The first-order valence-corrected chi connectivity index (χ1v) is 8.06. The monoisotopic (exact) mass is 338 g/mol. The van der Waals surface area contributed by atoms with Crippen molar-refractivity contribution >= 4 is 40.6 Å². The topological polar surface area (TPSA) is 71.3 Å².